The summed E-state index contributed by atoms with van der Waals surface area (Å²) >= 11 is 0. The minimum absolute atomic E-state index is 0.267. The molecule has 2 heteroatoms. The predicted molar refractivity (Wildman–Crippen MR) is 48.7 cm³/mol. The van der Waals surface area contributed by atoms with E-state index in [4.69, 9.17) is 4.74 Å². The fourth-order valence-corrected chi connectivity index (χ4v) is 1.16. The molecule has 2 nitrogen and oxygen atoms in total. The Morgan fingerprint density at radius 3 is 2.27 bits per heavy atom. The molecule has 68 valence electrons. The van der Waals surface area contributed by atoms with Crippen molar-refractivity contribution in [1.82, 2.24) is 5.32 Å². The van der Waals surface area contributed by atoms with E-state index in [-0.39, 0.29) is 5.41 Å². The number of ether oxygens (including phenoxy) is 1. The maximum absolute atomic E-state index is 5.18. The van der Waals surface area contributed by atoms with Crippen LogP contribution in [-0.2, 0) is 4.74 Å². The van der Waals surface area contributed by atoms with Crippen LogP contribution in [0, 0.1) is 11.3 Å². The average molecular weight is 159 g/mol. The smallest absolute Gasteiger partial charge is 0.0530 e. The summed E-state index contributed by atoms with van der Waals surface area (Å²) in [6, 6.07) is 0. The number of nitrogens with one attached hydrogen (secondary N) is 1. The first-order valence-electron chi connectivity index (χ1n) is 4.20. The zero-order chi connectivity index (χ0) is 8.91. The van der Waals surface area contributed by atoms with E-state index >= 15 is 0 Å². The molecule has 0 aromatic heterocycles. The van der Waals surface area contributed by atoms with Crippen LogP contribution in [0.1, 0.15) is 20.8 Å². The van der Waals surface area contributed by atoms with Crippen molar-refractivity contribution in [3.63, 3.8) is 0 Å². The summed E-state index contributed by atoms with van der Waals surface area (Å²) in [6.07, 6.45) is 0. The normalized spacial score (nSPS) is 16.9. The molecule has 1 N–H and O–H groups in total. The molecule has 0 bridgehead atoms. The third kappa shape index (κ3) is 3.21. The quantitative estimate of drug-likeness (QED) is 0.656. The Labute approximate surface area is 70.3 Å². The molecule has 1 unspecified atom stereocenters. The van der Waals surface area contributed by atoms with Gasteiger partial charge in [-0.3, -0.25) is 0 Å². The Balaban J connectivity index is 4.01. The largest absolute Gasteiger partial charge is 0.384 e. The zero-order valence-corrected chi connectivity index (χ0v) is 8.40. The van der Waals surface area contributed by atoms with Crippen LogP contribution in [0.3, 0.4) is 0 Å². The van der Waals surface area contributed by atoms with Crippen molar-refractivity contribution in [2.45, 2.75) is 20.8 Å². The molecular formula is C9H21NO. The molecule has 0 radical (unpaired) electrons. The second-order valence-corrected chi connectivity index (χ2v) is 3.77. The number of hydrogen-bond acceptors (Lipinski definition) is 2. The van der Waals surface area contributed by atoms with Crippen molar-refractivity contribution >= 4 is 0 Å². The van der Waals surface area contributed by atoms with Crippen LogP contribution in [0.25, 0.3) is 0 Å². The van der Waals surface area contributed by atoms with Gasteiger partial charge >= 0.3 is 0 Å². The van der Waals surface area contributed by atoms with Crippen molar-refractivity contribution in [2.24, 2.45) is 11.3 Å². The molecule has 0 aliphatic rings. The Hall–Kier alpha value is -0.0800. The Kier molecular flexibility index (Phi) is 4.69. The van der Waals surface area contributed by atoms with E-state index < -0.39 is 0 Å². The lowest BCUT2D eigenvalue weighted by molar-refractivity contribution is 0.0586. The first-order valence-corrected chi connectivity index (χ1v) is 4.20. The lowest BCUT2D eigenvalue weighted by Gasteiger charge is -2.32. The second kappa shape index (κ2) is 4.73. The van der Waals surface area contributed by atoms with Gasteiger partial charge in [0.2, 0.25) is 0 Å². The fraction of sp³-hybridized carbons (Fsp3) is 1.00. The van der Waals surface area contributed by atoms with Gasteiger partial charge in [0.25, 0.3) is 0 Å². The van der Waals surface area contributed by atoms with Gasteiger partial charge in [-0.25, -0.2) is 0 Å². The van der Waals surface area contributed by atoms with Gasteiger partial charge in [-0.05, 0) is 13.0 Å². The van der Waals surface area contributed by atoms with Gasteiger partial charge in [-0.15, -0.1) is 0 Å². The van der Waals surface area contributed by atoms with Crippen LogP contribution in [0.15, 0.2) is 0 Å². The molecule has 1 atom stereocenters. The highest BCUT2D eigenvalue weighted by molar-refractivity contribution is 4.78. The standard InChI is InChI=1S/C9H21NO/c1-8(2)9(3,6-10-4)7-11-5/h8,10H,6-7H2,1-5H3. The van der Waals surface area contributed by atoms with Crippen LogP contribution in [0.2, 0.25) is 0 Å². The second-order valence-electron chi connectivity index (χ2n) is 3.77. The predicted octanol–water partition coefficient (Wildman–Crippen LogP) is 1.51. The Bertz CT molecular complexity index is 95.7. The van der Waals surface area contributed by atoms with Gasteiger partial charge in [0.15, 0.2) is 0 Å². The highest BCUT2D eigenvalue weighted by Crippen LogP contribution is 2.25. The molecule has 0 spiro atoms. The molecule has 0 aromatic carbocycles. The van der Waals surface area contributed by atoms with Crippen LogP contribution in [-0.4, -0.2) is 27.3 Å². The Morgan fingerprint density at radius 1 is 1.45 bits per heavy atom. The highest BCUT2D eigenvalue weighted by atomic mass is 16.5. The molecule has 0 aliphatic heterocycles. The van der Waals surface area contributed by atoms with E-state index in [0.717, 1.165) is 13.2 Å². The molecule has 0 fully saturated rings. The number of rotatable bonds is 5. The molecule has 0 saturated heterocycles. The Morgan fingerprint density at radius 2 is 2.00 bits per heavy atom. The summed E-state index contributed by atoms with van der Waals surface area (Å²) in [4.78, 5) is 0. The van der Waals surface area contributed by atoms with Crippen LogP contribution in [0.4, 0.5) is 0 Å². The van der Waals surface area contributed by atoms with Crippen molar-refractivity contribution in [2.75, 3.05) is 27.3 Å². The summed E-state index contributed by atoms with van der Waals surface area (Å²) in [5.74, 6) is 0.648. The van der Waals surface area contributed by atoms with Gasteiger partial charge in [0, 0.05) is 19.1 Å². The van der Waals surface area contributed by atoms with Crippen LogP contribution in [0.5, 0.6) is 0 Å². The van der Waals surface area contributed by atoms with Crippen molar-refractivity contribution in [3.8, 4) is 0 Å². The lowest BCUT2D eigenvalue weighted by atomic mass is 9.80. The average Bonchev–Trinajstić information content (AvgIpc) is 1.88. The van der Waals surface area contributed by atoms with Gasteiger partial charge in [0.05, 0.1) is 6.61 Å². The van der Waals surface area contributed by atoms with Crippen LogP contribution < -0.4 is 5.32 Å². The van der Waals surface area contributed by atoms with E-state index in [9.17, 15) is 0 Å². The molecule has 0 rings (SSSR count). The maximum Gasteiger partial charge on any atom is 0.0530 e. The molecule has 0 saturated carbocycles. The van der Waals surface area contributed by atoms with Crippen molar-refractivity contribution in [1.29, 1.82) is 0 Å². The van der Waals surface area contributed by atoms with Gasteiger partial charge in [0.1, 0.15) is 0 Å². The van der Waals surface area contributed by atoms with E-state index in [0.29, 0.717) is 5.92 Å². The molecule has 0 heterocycles. The number of hydrogen-bond donors (Lipinski definition) is 1. The minimum Gasteiger partial charge on any atom is -0.384 e. The van der Waals surface area contributed by atoms with Gasteiger partial charge in [-0.1, -0.05) is 20.8 Å². The molecule has 0 aromatic rings. The fourth-order valence-electron chi connectivity index (χ4n) is 1.16. The summed E-state index contributed by atoms with van der Waals surface area (Å²) in [7, 11) is 3.74. The third-order valence-corrected chi connectivity index (χ3v) is 2.45. The summed E-state index contributed by atoms with van der Waals surface area (Å²) in [6.45, 7) is 8.55. The molecule has 0 amide bonds. The zero-order valence-electron chi connectivity index (χ0n) is 8.40. The van der Waals surface area contributed by atoms with Gasteiger partial charge < -0.3 is 10.1 Å². The van der Waals surface area contributed by atoms with Crippen molar-refractivity contribution in [3.05, 3.63) is 0 Å². The topological polar surface area (TPSA) is 21.3 Å². The van der Waals surface area contributed by atoms with E-state index in [1.807, 2.05) is 7.05 Å². The summed E-state index contributed by atoms with van der Waals surface area (Å²) in [5, 5.41) is 3.19. The summed E-state index contributed by atoms with van der Waals surface area (Å²) < 4.78 is 5.18. The van der Waals surface area contributed by atoms with E-state index in [1.165, 1.54) is 0 Å². The highest BCUT2D eigenvalue weighted by Gasteiger charge is 2.27. The van der Waals surface area contributed by atoms with Gasteiger partial charge in [-0.2, -0.15) is 0 Å². The minimum atomic E-state index is 0.267. The van der Waals surface area contributed by atoms with E-state index in [1.54, 1.807) is 7.11 Å². The monoisotopic (exact) mass is 159 g/mol. The van der Waals surface area contributed by atoms with Crippen molar-refractivity contribution < 1.29 is 4.74 Å². The SMILES string of the molecule is CNCC(C)(COC)C(C)C. The maximum atomic E-state index is 5.18. The number of methoxy groups -OCH3 is 1. The third-order valence-electron chi connectivity index (χ3n) is 2.45. The summed E-state index contributed by atoms with van der Waals surface area (Å²) in [5.41, 5.74) is 0.267. The first kappa shape index (κ1) is 10.9. The van der Waals surface area contributed by atoms with Crippen LogP contribution >= 0.6 is 0 Å². The molecular weight excluding hydrogens is 138 g/mol. The van der Waals surface area contributed by atoms with E-state index in [2.05, 4.69) is 26.1 Å². The first-order chi connectivity index (χ1) is 5.06. The molecule has 0 aliphatic carbocycles. The molecule has 11 heavy (non-hydrogen) atoms. The lowest BCUT2D eigenvalue weighted by Crippen LogP contribution is -2.38.